The van der Waals surface area contributed by atoms with Crippen molar-refractivity contribution in [2.45, 2.75) is 31.7 Å². The lowest BCUT2D eigenvalue weighted by Gasteiger charge is -2.15. The van der Waals surface area contributed by atoms with E-state index in [-0.39, 0.29) is 4.90 Å². The zero-order chi connectivity index (χ0) is 14.1. The molecule has 1 atom stereocenters. The van der Waals surface area contributed by atoms with Gasteiger partial charge in [-0.2, -0.15) is 4.72 Å². The van der Waals surface area contributed by atoms with Gasteiger partial charge in [0.25, 0.3) is 0 Å². The summed E-state index contributed by atoms with van der Waals surface area (Å²) in [7, 11) is -3.79. The molecule has 0 fully saturated rings. The van der Waals surface area contributed by atoms with E-state index in [1.54, 1.807) is 26.0 Å². The van der Waals surface area contributed by atoms with E-state index in [1.807, 2.05) is 0 Å². The molecule has 1 amide bonds. The number of rotatable bonds is 4. The van der Waals surface area contributed by atoms with Crippen LogP contribution in [0.5, 0.6) is 0 Å². The fraction of sp³-hybridized carbons (Fsp3) is 0.364. The maximum atomic E-state index is 12.1. The molecule has 0 aliphatic carbocycles. The molecule has 1 unspecified atom stereocenters. The number of nitrogens with two attached hydrogens (primary N) is 2. The van der Waals surface area contributed by atoms with Crippen LogP contribution in [0.2, 0.25) is 0 Å². The van der Waals surface area contributed by atoms with E-state index in [4.69, 9.17) is 11.5 Å². The minimum Gasteiger partial charge on any atom is -0.399 e. The Hall–Kier alpha value is -1.60. The average Bonchev–Trinajstić information content (AvgIpc) is 2.13. The first-order valence-corrected chi connectivity index (χ1v) is 6.82. The van der Waals surface area contributed by atoms with E-state index < -0.39 is 22.0 Å². The van der Waals surface area contributed by atoms with Crippen molar-refractivity contribution in [1.82, 2.24) is 4.72 Å². The average molecular weight is 271 g/mol. The molecule has 0 radical (unpaired) electrons. The molecule has 0 heterocycles. The van der Waals surface area contributed by atoms with Crippen molar-refractivity contribution in [1.29, 1.82) is 0 Å². The van der Waals surface area contributed by atoms with Crippen LogP contribution in [0.1, 0.15) is 18.1 Å². The van der Waals surface area contributed by atoms with Crippen molar-refractivity contribution in [2.24, 2.45) is 5.73 Å². The van der Waals surface area contributed by atoms with E-state index >= 15 is 0 Å². The Balaban J connectivity index is 3.25. The normalized spacial score (nSPS) is 13.3. The third kappa shape index (κ3) is 2.99. The molecular weight excluding hydrogens is 254 g/mol. The largest absolute Gasteiger partial charge is 0.399 e. The molecule has 7 heteroatoms. The van der Waals surface area contributed by atoms with Gasteiger partial charge in [-0.15, -0.1) is 0 Å². The molecule has 0 bridgehead atoms. The van der Waals surface area contributed by atoms with Crippen molar-refractivity contribution in [3.05, 3.63) is 23.3 Å². The summed E-state index contributed by atoms with van der Waals surface area (Å²) >= 11 is 0. The Morgan fingerprint density at radius 1 is 1.28 bits per heavy atom. The molecule has 0 saturated heterocycles. The van der Waals surface area contributed by atoms with E-state index in [0.717, 1.165) is 0 Å². The highest BCUT2D eigenvalue weighted by molar-refractivity contribution is 7.89. The number of hydrogen-bond acceptors (Lipinski definition) is 4. The molecule has 0 spiro atoms. The van der Waals surface area contributed by atoms with Crippen LogP contribution in [-0.2, 0) is 14.8 Å². The topological polar surface area (TPSA) is 115 Å². The van der Waals surface area contributed by atoms with Crippen LogP contribution < -0.4 is 16.2 Å². The first kappa shape index (κ1) is 14.5. The minimum atomic E-state index is -3.79. The summed E-state index contributed by atoms with van der Waals surface area (Å²) in [5, 5.41) is 0. The van der Waals surface area contributed by atoms with Crippen LogP contribution in [-0.4, -0.2) is 20.4 Å². The number of nitrogens with one attached hydrogen (secondary N) is 1. The second-order valence-corrected chi connectivity index (χ2v) is 5.88. The van der Waals surface area contributed by atoms with E-state index in [9.17, 15) is 13.2 Å². The van der Waals surface area contributed by atoms with Gasteiger partial charge >= 0.3 is 0 Å². The van der Waals surface area contributed by atoms with E-state index in [1.165, 1.54) is 6.92 Å². The van der Waals surface area contributed by atoms with Crippen LogP contribution in [0.15, 0.2) is 17.0 Å². The summed E-state index contributed by atoms with van der Waals surface area (Å²) in [6.45, 7) is 4.68. The monoisotopic (exact) mass is 271 g/mol. The molecule has 100 valence electrons. The Morgan fingerprint density at radius 3 is 2.11 bits per heavy atom. The number of sulfonamides is 1. The van der Waals surface area contributed by atoms with Crippen molar-refractivity contribution in [2.75, 3.05) is 5.73 Å². The summed E-state index contributed by atoms with van der Waals surface area (Å²) in [6.07, 6.45) is 0. The number of primary amides is 1. The molecular formula is C11H17N3O3S. The van der Waals surface area contributed by atoms with Crippen molar-refractivity contribution in [3.8, 4) is 0 Å². The molecule has 5 N–H and O–H groups in total. The van der Waals surface area contributed by atoms with Gasteiger partial charge in [-0.1, -0.05) is 0 Å². The molecule has 6 nitrogen and oxygen atoms in total. The lowest BCUT2D eigenvalue weighted by molar-refractivity contribution is -0.119. The zero-order valence-electron chi connectivity index (χ0n) is 10.5. The first-order chi connectivity index (χ1) is 8.15. The van der Waals surface area contributed by atoms with Crippen molar-refractivity contribution < 1.29 is 13.2 Å². The minimum absolute atomic E-state index is 0.129. The third-order valence-electron chi connectivity index (χ3n) is 2.51. The number of carbonyl (C=O) groups excluding carboxylic acids is 1. The number of carbonyl (C=O) groups is 1. The van der Waals surface area contributed by atoms with Gasteiger partial charge in [-0.05, 0) is 44.0 Å². The van der Waals surface area contributed by atoms with Gasteiger partial charge in [0.1, 0.15) is 0 Å². The lowest BCUT2D eigenvalue weighted by atomic mass is 10.1. The number of aryl methyl sites for hydroxylation is 2. The van der Waals surface area contributed by atoms with Crippen LogP contribution in [0.25, 0.3) is 0 Å². The van der Waals surface area contributed by atoms with Gasteiger partial charge in [-0.25, -0.2) is 8.42 Å². The Morgan fingerprint density at radius 2 is 1.72 bits per heavy atom. The van der Waals surface area contributed by atoms with Gasteiger partial charge in [0.15, 0.2) is 0 Å². The highest BCUT2D eigenvalue weighted by Gasteiger charge is 2.23. The number of amides is 1. The Bertz CT molecular complexity index is 558. The molecule has 18 heavy (non-hydrogen) atoms. The lowest BCUT2D eigenvalue weighted by Crippen LogP contribution is -2.42. The fourth-order valence-corrected chi connectivity index (χ4v) is 3.42. The molecule has 0 aliphatic heterocycles. The Labute approximate surface area is 106 Å². The summed E-state index contributed by atoms with van der Waals surface area (Å²) in [6, 6.07) is 2.17. The highest BCUT2D eigenvalue weighted by Crippen LogP contribution is 2.23. The van der Waals surface area contributed by atoms with Gasteiger partial charge in [0.2, 0.25) is 15.9 Å². The summed E-state index contributed by atoms with van der Waals surface area (Å²) < 4.78 is 26.5. The quantitative estimate of drug-likeness (QED) is 0.670. The van der Waals surface area contributed by atoms with Gasteiger partial charge < -0.3 is 11.5 Å². The smallest absolute Gasteiger partial charge is 0.241 e. The molecule has 1 aromatic rings. The maximum absolute atomic E-state index is 12.1. The van der Waals surface area contributed by atoms with Gasteiger partial charge in [-0.3, -0.25) is 4.79 Å². The predicted molar refractivity (Wildman–Crippen MR) is 69.3 cm³/mol. The van der Waals surface area contributed by atoms with Gasteiger partial charge in [0, 0.05) is 5.69 Å². The Kier molecular flexibility index (Phi) is 3.98. The second-order valence-electron chi connectivity index (χ2n) is 4.23. The van der Waals surface area contributed by atoms with Crippen LogP contribution >= 0.6 is 0 Å². The number of anilines is 1. The molecule has 0 aromatic heterocycles. The summed E-state index contributed by atoms with van der Waals surface area (Å²) in [4.78, 5) is 11.0. The molecule has 0 aliphatic rings. The molecule has 0 saturated carbocycles. The van der Waals surface area contributed by atoms with E-state index in [2.05, 4.69) is 4.72 Å². The van der Waals surface area contributed by atoms with E-state index in [0.29, 0.717) is 16.8 Å². The van der Waals surface area contributed by atoms with Crippen LogP contribution in [0, 0.1) is 13.8 Å². The van der Waals surface area contributed by atoms with Crippen LogP contribution in [0.3, 0.4) is 0 Å². The number of benzene rings is 1. The molecule has 1 aromatic carbocycles. The fourth-order valence-electron chi connectivity index (χ4n) is 1.76. The van der Waals surface area contributed by atoms with Crippen molar-refractivity contribution in [3.63, 3.8) is 0 Å². The van der Waals surface area contributed by atoms with Crippen molar-refractivity contribution >= 4 is 21.6 Å². The summed E-state index contributed by atoms with van der Waals surface area (Å²) in [5.74, 6) is -0.732. The predicted octanol–water partition coefficient (Wildman–Crippen LogP) is 0.0377. The number of nitrogen functional groups attached to an aromatic ring is 1. The first-order valence-electron chi connectivity index (χ1n) is 5.33. The molecule has 1 rings (SSSR count). The standard InChI is InChI=1S/C11H17N3O3S/c1-6-4-9(12)5-7(2)10(6)18(16,17)14-8(3)11(13)15/h4-5,8,14H,12H2,1-3H3,(H2,13,15). The van der Waals surface area contributed by atoms with Gasteiger partial charge in [0.05, 0.1) is 10.9 Å². The van der Waals surface area contributed by atoms with Crippen LogP contribution in [0.4, 0.5) is 5.69 Å². The second kappa shape index (κ2) is 4.95. The SMILES string of the molecule is Cc1cc(N)cc(C)c1S(=O)(=O)NC(C)C(N)=O. The maximum Gasteiger partial charge on any atom is 0.241 e. The zero-order valence-corrected chi connectivity index (χ0v) is 11.3. The summed E-state index contributed by atoms with van der Waals surface area (Å²) in [5.41, 5.74) is 12.2. The third-order valence-corrected chi connectivity index (χ3v) is 4.36. The number of hydrogen-bond donors (Lipinski definition) is 3. The highest BCUT2D eigenvalue weighted by atomic mass is 32.2.